The fourth-order valence-electron chi connectivity index (χ4n) is 2.74. The number of thioether (sulfide) groups is 1. The predicted molar refractivity (Wildman–Crippen MR) is 87.6 cm³/mol. The van der Waals surface area contributed by atoms with Crippen LogP contribution < -0.4 is 5.32 Å². The Morgan fingerprint density at radius 1 is 1.35 bits per heavy atom. The molecule has 2 heterocycles. The zero-order valence-electron chi connectivity index (χ0n) is 13.2. The van der Waals surface area contributed by atoms with Crippen molar-refractivity contribution in [2.45, 2.75) is 39.7 Å². The van der Waals surface area contributed by atoms with Crippen molar-refractivity contribution >= 4 is 16.9 Å². The zero-order valence-corrected chi connectivity index (χ0v) is 14.0. The van der Waals surface area contributed by atoms with Crippen LogP contribution in [0, 0.1) is 5.41 Å². The highest BCUT2D eigenvalue weighted by Crippen LogP contribution is 2.34. The smallest absolute Gasteiger partial charge is 0.156 e. The topological polar surface area (TPSA) is 36.9 Å². The lowest BCUT2D eigenvalue weighted by molar-refractivity contribution is 0.0353. The van der Waals surface area contributed by atoms with Crippen LogP contribution in [0.3, 0.4) is 0 Å². The van der Waals surface area contributed by atoms with E-state index >= 15 is 0 Å². The van der Waals surface area contributed by atoms with Gasteiger partial charge in [0.2, 0.25) is 0 Å². The summed E-state index contributed by atoms with van der Waals surface area (Å²) in [6.07, 6.45) is 2.47. The molecule has 1 atom stereocenters. The minimum atomic E-state index is 0.434. The molecule has 2 aliphatic rings. The van der Waals surface area contributed by atoms with E-state index in [-0.39, 0.29) is 0 Å². The first-order valence-corrected chi connectivity index (χ1v) is 8.90. The molecule has 0 saturated carbocycles. The van der Waals surface area contributed by atoms with Crippen LogP contribution in [0.25, 0.3) is 0 Å². The molecule has 4 nitrogen and oxygen atoms in total. The lowest BCUT2D eigenvalue weighted by Crippen LogP contribution is -2.46. The number of aliphatic imine (C=N–C) groups is 1. The molecule has 20 heavy (non-hydrogen) atoms. The quantitative estimate of drug-likeness (QED) is 0.844. The fraction of sp³-hybridized carbons (Fsp3) is 0.933. The molecule has 1 N–H and O–H groups in total. The van der Waals surface area contributed by atoms with Crippen molar-refractivity contribution in [3.8, 4) is 0 Å². The number of hydrogen-bond acceptors (Lipinski definition) is 5. The van der Waals surface area contributed by atoms with Crippen molar-refractivity contribution in [2.75, 3.05) is 45.1 Å². The van der Waals surface area contributed by atoms with E-state index in [0.717, 1.165) is 44.6 Å². The Morgan fingerprint density at radius 3 is 2.60 bits per heavy atom. The molecule has 0 amide bonds. The van der Waals surface area contributed by atoms with Crippen LogP contribution in [0.5, 0.6) is 0 Å². The van der Waals surface area contributed by atoms with Crippen LogP contribution >= 0.6 is 11.8 Å². The van der Waals surface area contributed by atoms with Gasteiger partial charge in [0.05, 0.1) is 13.2 Å². The van der Waals surface area contributed by atoms with E-state index in [1.165, 1.54) is 18.6 Å². The third kappa shape index (κ3) is 4.37. The Morgan fingerprint density at radius 2 is 2.05 bits per heavy atom. The van der Waals surface area contributed by atoms with E-state index in [0.29, 0.717) is 11.5 Å². The number of amidine groups is 1. The van der Waals surface area contributed by atoms with Crippen molar-refractivity contribution in [1.82, 2.24) is 10.2 Å². The largest absolute Gasteiger partial charge is 0.379 e. The van der Waals surface area contributed by atoms with Crippen LogP contribution in [0.2, 0.25) is 0 Å². The van der Waals surface area contributed by atoms with Gasteiger partial charge in [-0.3, -0.25) is 9.89 Å². The zero-order chi connectivity index (χ0) is 14.4. The maximum Gasteiger partial charge on any atom is 0.156 e. The Hall–Kier alpha value is -0.260. The third-order valence-electron chi connectivity index (χ3n) is 4.58. The number of ether oxygens (including phenoxy) is 1. The molecule has 5 heteroatoms. The van der Waals surface area contributed by atoms with E-state index < -0.39 is 0 Å². The summed E-state index contributed by atoms with van der Waals surface area (Å²) in [5.41, 5.74) is 0.434. The fourth-order valence-corrected chi connectivity index (χ4v) is 4.13. The van der Waals surface area contributed by atoms with Gasteiger partial charge in [0.15, 0.2) is 5.17 Å². The predicted octanol–water partition coefficient (Wildman–Crippen LogP) is 2.21. The highest BCUT2D eigenvalue weighted by Gasteiger charge is 2.30. The molecule has 0 bridgehead atoms. The molecule has 1 saturated heterocycles. The molecule has 0 spiro atoms. The van der Waals surface area contributed by atoms with Gasteiger partial charge < -0.3 is 10.1 Å². The average Bonchev–Trinajstić information content (AvgIpc) is 2.49. The summed E-state index contributed by atoms with van der Waals surface area (Å²) >= 11 is 1.91. The number of rotatable bonds is 5. The molecule has 1 unspecified atom stereocenters. The summed E-state index contributed by atoms with van der Waals surface area (Å²) in [5, 5.41) is 4.72. The van der Waals surface area contributed by atoms with Gasteiger partial charge in [-0.05, 0) is 25.2 Å². The van der Waals surface area contributed by atoms with E-state index in [9.17, 15) is 0 Å². The second kappa shape index (κ2) is 7.66. The van der Waals surface area contributed by atoms with Gasteiger partial charge in [0.1, 0.15) is 0 Å². The normalized spacial score (nSPS) is 25.1. The lowest BCUT2D eigenvalue weighted by atomic mass is 9.84. The van der Waals surface area contributed by atoms with Gasteiger partial charge >= 0.3 is 0 Å². The average molecular weight is 299 g/mol. The van der Waals surface area contributed by atoms with Crippen LogP contribution in [-0.2, 0) is 4.74 Å². The van der Waals surface area contributed by atoms with E-state index in [4.69, 9.17) is 9.73 Å². The Labute approximate surface area is 127 Å². The number of nitrogens with zero attached hydrogens (tertiary/aromatic N) is 2. The Kier molecular flexibility index (Phi) is 6.18. The number of morpholine rings is 1. The van der Waals surface area contributed by atoms with Gasteiger partial charge in [-0.2, -0.15) is 0 Å². The molecule has 2 aliphatic heterocycles. The molecule has 0 aromatic rings. The Bertz CT molecular complexity index is 325. The van der Waals surface area contributed by atoms with Crippen molar-refractivity contribution in [1.29, 1.82) is 0 Å². The first kappa shape index (κ1) is 16.1. The van der Waals surface area contributed by atoms with Gasteiger partial charge in [0.25, 0.3) is 0 Å². The standard InChI is InChI=1S/C15H29N3OS/c1-4-15(5-2)11-16-14(20-12-15)17-13(3)10-18-6-8-19-9-7-18/h13H,4-12H2,1-3H3,(H,16,17). The van der Waals surface area contributed by atoms with Crippen LogP contribution in [0.4, 0.5) is 0 Å². The SMILES string of the molecule is CCC1(CC)CN=C(NC(C)CN2CCOCC2)SC1. The molecule has 0 aliphatic carbocycles. The molecular weight excluding hydrogens is 270 g/mol. The molecular formula is C15H29N3OS. The van der Waals surface area contributed by atoms with Gasteiger partial charge in [0, 0.05) is 38.0 Å². The second-order valence-corrected chi connectivity index (χ2v) is 7.04. The van der Waals surface area contributed by atoms with E-state index in [1.807, 2.05) is 11.8 Å². The molecule has 0 radical (unpaired) electrons. The minimum absolute atomic E-state index is 0.434. The number of nitrogens with one attached hydrogen (secondary N) is 1. The number of hydrogen-bond donors (Lipinski definition) is 1. The van der Waals surface area contributed by atoms with Crippen molar-refractivity contribution in [3.63, 3.8) is 0 Å². The minimum Gasteiger partial charge on any atom is -0.379 e. The highest BCUT2D eigenvalue weighted by atomic mass is 32.2. The van der Waals surface area contributed by atoms with Crippen molar-refractivity contribution < 1.29 is 4.74 Å². The van der Waals surface area contributed by atoms with Crippen LogP contribution in [0.1, 0.15) is 33.6 Å². The molecule has 0 aromatic heterocycles. The van der Waals surface area contributed by atoms with Crippen LogP contribution in [-0.4, -0.2) is 61.3 Å². The summed E-state index contributed by atoms with van der Waals surface area (Å²) in [6, 6.07) is 0.454. The first-order chi connectivity index (χ1) is 9.67. The van der Waals surface area contributed by atoms with Crippen LogP contribution in [0.15, 0.2) is 4.99 Å². The summed E-state index contributed by atoms with van der Waals surface area (Å²) in [6.45, 7) is 12.8. The summed E-state index contributed by atoms with van der Waals surface area (Å²) in [7, 11) is 0. The summed E-state index contributed by atoms with van der Waals surface area (Å²) in [5.74, 6) is 1.20. The van der Waals surface area contributed by atoms with Gasteiger partial charge in [-0.1, -0.05) is 25.6 Å². The monoisotopic (exact) mass is 299 g/mol. The molecule has 0 aromatic carbocycles. The lowest BCUT2D eigenvalue weighted by Gasteiger charge is -2.35. The second-order valence-electron chi connectivity index (χ2n) is 6.08. The van der Waals surface area contributed by atoms with Gasteiger partial charge in [-0.15, -0.1) is 0 Å². The van der Waals surface area contributed by atoms with Gasteiger partial charge in [-0.25, -0.2) is 0 Å². The molecule has 116 valence electrons. The van der Waals surface area contributed by atoms with E-state index in [1.54, 1.807) is 0 Å². The maximum atomic E-state index is 5.39. The van der Waals surface area contributed by atoms with Crippen molar-refractivity contribution in [3.05, 3.63) is 0 Å². The third-order valence-corrected chi connectivity index (χ3v) is 5.86. The van der Waals surface area contributed by atoms with Crippen molar-refractivity contribution in [2.24, 2.45) is 10.4 Å². The highest BCUT2D eigenvalue weighted by molar-refractivity contribution is 8.13. The van der Waals surface area contributed by atoms with E-state index in [2.05, 4.69) is 31.0 Å². The maximum absolute atomic E-state index is 5.39. The summed E-state index contributed by atoms with van der Waals surface area (Å²) in [4.78, 5) is 7.25. The summed E-state index contributed by atoms with van der Waals surface area (Å²) < 4.78 is 5.39. The first-order valence-electron chi connectivity index (χ1n) is 7.91. The molecule has 1 fully saturated rings. The molecule has 2 rings (SSSR count). The Balaban J connectivity index is 1.77.